The highest BCUT2D eigenvalue weighted by Crippen LogP contribution is 2.34. The van der Waals surface area contributed by atoms with E-state index in [0.29, 0.717) is 18.6 Å². The van der Waals surface area contributed by atoms with Crippen LogP contribution in [0.3, 0.4) is 0 Å². The Bertz CT molecular complexity index is 399. The van der Waals surface area contributed by atoms with E-state index in [1.165, 1.54) is 12.8 Å². The van der Waals surface area contributed by atoms with Crippen LogP contribution in [-0.4, -0.2) is 18.6 Å². The summed E-state index contributed by atoms with van der Waals surface area (Å²) in [6.07, 6.45) is 2.48. The highest BCUT2D eigenvalue weighted by molar-refractivity contribution is 5.55. The van der Waals surface area contributed by atoms with Crippen LogP contribution in [0.25, 0.3) is 0 Å². The summed E-state index contributed by atoms with van der Waals surface area (Å²) in [5, 5.41) is 3.31. The third-order valence-electron chi connectivity index (χ3n) is 3.42. The van der Waals surface area contributed by atoms with E-state index in [1.54, 1.807) is 6.07 Å². The third-order valence-corrected chi connectivity index (χ3v) is 3.42. The molecule has 3 heteroatoms. The molecule has 100 valence electrons. The minimum atomic E-state index is -0.0975. The molecule has 0 atom stereocenters. The monoisotopic (exact) mass is 250 g/mol. The summed E-state index contributed by atoms with van der Waals surface area (Å²) < 4.78 is 14.0. The highest BCUT2D eigenvalue weighted by atomic mass is 19.1. The van der Waals surface area contributed by atoms with Gasteiger partial charge in [-0.15, -0.1) is 0 Å². The van der Waals surface area contributed by atoms with Gasteiger partial charge in [-0.1, -0.05) is 19.9 Å². The number of nitrogens with zero attached hydrogens (tertiary/aromatic N) is 1. The summed E-state index contributed by atoms with van der Waals surface area (Å²) in [5.41, 5.74) is 1.87. The van der Waals surface area contributed by atoms with Crippen LogP contribution >= 0.6 is 0 Å². The lowest BCUT2D eigenvalue weighted by atomic mass is 10.1. The number of anilines is 1. The lowest BCUT2D eigenvalue weighted by Gasteiger charge is -2.26. The molecule has 1 aliphatic rings. The summed E-state index contributed by atoms with van der Waals surface area (Å²) >= 11 is 0. The lowest BCUT2D eigenvalue weighted by Crippen LogP contribution is -2.29. The fraction of sp³-hybridized carbons (Fsp3) is 0.600. The topological polar surface area (TPSA) is 15.3 Å². The molecule has 1 N–H and O–H groups in total. The van der Waals surface area contributed by atoms with E-state index in [1.807, 2.05) is 12.1 Å². The fourth-order valence-electron chi connectivity index (χ4n) is 2.31. The molecular weight excluding hydrogens is 227 g/mol. The normalized spacial score (nSPS) is 15.2. The van der Waals surface area contributed by atoms with E-state index < -0.39 is 0 Å². The van der Waals surface area contributed by atoms with Crippen LogP contribution < -0.4 is 10.2 Å². The maximum Gasteiger partial charge on any atom is 0.129 e. The number of nitrogens with one attached hydrogen (secondary N) is 1. The Morgan fingerprint density at radius 1 is 1.39 bits per heavy atom. The first-order valence-electron chi connectivity index (χ1n) is 6.91. The first kappa shape index (κ1) is 13.3. The number of rotatable bonds is 6. The molecule has 2 nitrogen and oxygen atoms in total. The van der Waals surface area contributed by atoms with Gasteiger partial charge >= 0.3 is 0 Å². The molecule has 18 heavy (non-hydrogen) atoms. The van der Waals surface area contributed by atoms with E-state index in [0.717, 1.165) is 17.8 Å². The summed E-state index contributed by atoms with van der Waals surface area (Å²) in [6, 6.07) is 6.40. The molecule has 0 radical (unpaired) electrons. The molecular formula is C15H23FN2. The first-order valence-corrected chi connectivity index (χ1v) is 6.91. The predicted molar refractivity (Wildman–Crippen MR) is 74.4 cm³/mol. The maximum absolute atomic E-state index is 14.0. The van der Waals surface area contributed by atoms with Crippen LogP contribution in [0.5, 0.6) is 0 Å². The molecule has 1 aromatic rings. The SMILES string of the molecule is CCN(c1cccc(F)c1CNC(C)C)C1CC1. The molecule has 0 heterocycles. The largest absolute Gasteiger partial charge is 0.368 e. The molecule has 1 saturated carbocycles. The Morgan fingerprint density at radius 2 is 2.11 bits per heavy atom. The molecule has 0 spiro atoms. The van der Waals surface area contributed by atoms with E-state index >= 15 is 0 Å². The summed E-state index contributed by atoms with van der Waals surface area (Å²) in [7, 11) is 0. The number of hydrogen-bond acceptors (Lipinski definition) is 2. The molecule has 1 aromatic carbocycles. The molecule has 0 aromatic heterocycles. The van der Waals surface area contributed by atoms with Gasteiger partial charge in [0.15, 0.2) is 0 Å². The van der Waals surface area contributed by atoms with Gasteiger partial charge in [-0.2, -0.15) is 0 Å². The molecule has 2 rings (SSSR count). The van der Waals surface area contributed by atoms with Crippen molar-refractivity contribution in [3.63, 3.8) is 0 Å². The zero-order valence-electron chi connectivity index (χ0n) is 11.5. The van der Waals surface area contributed by atoms with Crippen LogP contribution in [0.15, 0.2) is 18.2 Å². The molecule has 0 bridgehead atoms. The lowest BCUT2D eigenvalue weighted by molar-refractivity contribution is 0.551. The van der Waals surface area contributed by atoms with Gasteiger partial charge in [-0.3, -0.25) is 0 Å². The second-order valence-electron chi connectivity index (χ2n) is 5.29. The Morgan fingerprint density at radius 3 is 2.67 bits per heavy atom. The van der Waals surface area contributed by atoms with Crippen molar-refractivity contribution in [3.05, 3.63) is 29.6 Å². The predicted octanol–water partition coefficient (Wildman–Crippen LogP) is 3.31. The average Bonchev–Trinajstić information content (AvgIpc) is 3.13. The molecule has 0 amide bonds. The van der Waals surface area contributed by atoms with Crippen molar-refractivity contribution in [3.8, 4) is 0 Å². The number of benzene rings is 1. The first-order chi connectivity index (χ1) is 8.63. The molecule has 1 aliphatic carbocycles. The van der Waals surface area contributed by atoms with Crippen molar-refractivity contribution in [2.45, 2.75) is 52.2 Å². The molecule has 1 fully saturated rings. The van der Waals surface area contributed by atoms with Crippen molar-refractivity contribution < 1.29 is 4.39 Å². The second kappa shape index (κ2) is 5.70. The highest BCUT2D eigenvalue weighted by Gasteiger charge is 2.29. The van der Waals surface area contributed by atoms with Gasteiger partial charge in [0.1, 0.15) is 5.82 Å². The minimum absolute atomic E-state index is 0.0975. The zero-order chi connectivity index (χ0) is 13.1. The van der Waals surface area contributed by atoms with E-state index in [4.69, 9.17) is 0 Å². The van der Waals surface area contributed by atoms with Gasteiger partial charge in [-0.25, -0.2) is 4.39 Å². The smallest absolute Gasteiger partial charge is 0.129 e. The van der Waals surface area contributed by atoms with E-state index in [-0.39, 0.29) is 5.82 Å². The fourth-order valence-corrected chi connectivity index (χ4v) is 2.31. The van der Waals surface area contributed by atoms with Gasteiger partial charge in [0.05, 0.1) is 0 Å². The van der Waals surface area contributed by atoms with E-state index in [2.05, 4.69) is 31.0 Å². The van der Waals surface area contributed by atoms with Crippen LogP contribution in [-0.2, 0) is 6.54 Å². The van der Waals surface area contributed by atoms with Gasteiger partial charge in [0, 0.05) is 36.4 Å². The summed E-state index contributed by atoms with van der Waals surface area (Å²) in [4.78, 5) is 2.33. The minimum Gasteiger partial charge on any atom is -0.368 e. The Balaban J connectivity index is 2.24. The molecule has 0 saturated heterocycles. The van der Waals surface area contributed by atoms with Gasteiger partial charge in [-0.05, 0) is 31.9 Å². The zero-order valence-corrected chi connectivity index (χ0v) is 11.5. The van der Waals surface area contributed by atoms with Crippen molar-refractivity contribution in [1.29, 1.82) is 0 Å². The average molecular weight is 250 g/mol. The Labute approximate surface area is 109 Å². The van der Waals surface area contributed by atoms with Gasteiger partial charge in [0.2, 0.25) is 0 Å². The van der Waals surface area contributed by atoms with E-state index in [9.17, 15) is 4.39 Å². The standard InChI is InChI=1S/C15H23FN2/c1-4-18(12-8-9-12)15-7-5-6-14(16)13(15)10-17-11(2)3/h5-7,11-12,17H,4,8-10H2,1-3H3. The summed E-state index contributed by atoms with van der Waals surface area (Å²) in [6.45, 7) is 7.85. The number of hydrogen-bond donors (Lipinski definition) is 1. The van der Waals surface area contributed by atoms with Crippen molar-refractivity contribution in [2.24, 2.45) is 0 Å². The van der Waals surface area contributed by atoms with Crippen LogP contribution in [0.4, 0.5) is 10.1 Å². The van der Waals surface area contributed by atoms with Gasteiger partial charge < -0.3 is 10.2 Å². The van der Waals surface area contributed by atoms with Crippen molar-refractivity contribution in [2.75, 3.05) is 11.4 Å². The van der Waals surface area contributed by atoms with Crippen LogP contribution in [0.1, 0.15) is 39.2 Å². The Kier molecular flexibility index (Phi) is 4.23. The van der Waals surface area contributed by atoms with Crippen LogP contribution in [0.2, 0.25) is 0 Å². The number of halogens is 1. The Hall–Kier alpha value is -1.09. The molecule has 0 unspecified atom stereocenters. The third kappa shape index (κ3) is 3.02. The van der Waals surface area contributed by atoms with Crippen molar-refractivity contribution >= 4 is 5.69 Å². The quantitative estimate of drug-likeness (QED) is 0.833. The summed E-state index contributed by atoms with van der Waals surface area (Å²) in [5.74, 6) is -0.0975. The van der Waals surface area contributed by atoms with Crippen LogP contribution in [0, 0.1) is 5.82 Å². The van der Waals surface area contributed by atoms with Gasteiger partial charge in [0.25, 0.3) is 0 Å². The maximum atomic E-state index is 14.0. The molecule has 0 aliphatic heterocycles. The van der Waals surface area contributed by atoms with Crippen molar-refractivity contribution in [1.82, 2.24) is 5.32 Å². The second-order valence-corrected chi connectivity index (χ2v) is 5.29.